The van der Waals surface area contributed by atoms with Crippen molar-refractivity contribution < 1.29 is 4.39 Å². The fourth-order valence-electron chi connectivity index (χ4n) is 2.71. The first-order valence-corrected chi connectivity index (χ1v) is 8.12. The van der Waals surface area contributed by atoms with Gasteiger partial charge in [0.25, 0.3) is 0 Å². The van der Waals surface area contributed by atoms with Gasteiger partial charge in [0.2, 0.25) is 0 Å². The molecule has 1 unspecified atom stereocenters. The van der Waals surface area contributed by atoms with Crippen molar-refractivity contribution in [2.24, 2.45) is 5.73 Å². The van der Waals surface area contributed by atoms with Gasteiger partial charge in [0.05, 0.1) is 6.04 Å². The SMILES string of the molecule is NC(CN1CCN(c2ccc(F)cc2)CC1)c1cccs1. The second-order valence-electron chi connectivity index (χ2n) is 5.39. The third kappa shape index (κ3) is 3.61. The average molecular weight is 305 g/mol. The highest BCUT2D eigenvalue weighted by Gasteiger charge is 2.19. The molecule has 0 saturated carbocycles. The molecule has 1 fully saturated rings. The van der Waals surface area contributed by atoms with E-state index in [4.69, 9.17) is 5.73 Å². The first-order chi connectivity index (χ1) is 10.2. The molecule has 2 heterocycles. The van der Waals surface area contributed by atoms with Gasteiger partial charge in [0.15, 0.2) is 0 Å². The Morgan fingerprint density at radius 1 is 1.10 bits per heavy atom. The Hall–Kier alpha value is -1.43. The minimum absolute atomic E-state index is 0.0994. The molecule has 0 radical (unpaired) electrons. The number of hydrogen-bond donors (Lipinski definition) is 1. The Morgan fingerprint density at radius 2 is 1.81 bits per heavy atom. The number of halogens is 1. The summed E-state index contributed by atoms with van der Waals surface area (Å²) in [4.78, 5) is 5.95. The van der Waals surface area contributed by atoms with Crippen molar-refractivity contribution in [2.75, 3.05) is 37.6 Å². The lowest BCUT2D eigenvalue weighted by Gasteiger charge is -2.37. The number of rotatable bonds is 4. The molecule has 1 saturated heterocycles. The molecule has 3 nitrogen and oxygen atoms in total. The molecule has 0 bridgehead atoms. The quantitative estimate of drug-likeness (QED) is 0.942. The van der Waals surface area contributed by atoms with Gasteiger partial charge >= 0.3 is 0 Å². The minimum Gasteiger partial charge on any atom is -0.369 e. The van der Waals surface area contributed by atoms with Crippen LogP contribution in [0.15, 0.2) is 41.8 Å². The van der Waals surface area contributed by atoms with Crippen molar-refractivity contribution in [2.45, 2.75) is 6.04 Å². The predicted molar refractivity (Wildman–Crippen MR) is 86.3 cm³/mol. The van der Waals surface area contributed by atoms with E-state index in [1.807, 2.05) is 18.2 Å². The van der Waals surface area contributed by atoms with Crippen LogP contribution in [-0.2, 0) is 0 Å². The molecule has 2 aromatic rings. The lowest BCUT2D eigenvalue weighted by molar-refractivity contribution is 0.244. The van der Waals surface area contributed by atoms with E-state index < -0.39 is 0 Å². The van der Waals surface area contributed by atoms with Crippen LogP contribution in [0.1, 0.15) is 10.9 Å². The Kier molecular flexibility index (Phi) is 4.53. The van der Waals surface area contributed by atoms with Gasteiger partial charge in [0.1, 0.15) is 5.82 Å². The molecule has 2 N–H and O–H groups in total. The van der Waals surface area contributed by atoms with Crippen LogP contribution in [0.4, 0.5) is 10.1 Å². The van der Waals surface area contributed by atoms with Crippen LogP contribution in [0.5, 0.6) is 0 Å². The lowest BCUT2D eigenvalue weighted by Crippen LogP contribution is -2.48. The van der Waals surface area contributed by atoms with Crippen LogP contribution < -0.4 is 10.6 Å². The summed E-state index contributed by atoms with van der Waals surface area (Å²) in [5.41, 5.74) is 7.34. The molecule has 1 atom stereocenters. The fourth-order valence-corrected chi connectivity index (χ4v) is 3.43. The second-order valence-corrected chi connectivity index (χ2v) is 6.37. The highest BCUT2D eigenvalue weighted by atomic mass is 32.1. The van der Waals surface area contributed by atoms with Crippen molar-refractivity contribution in [3.05, 3.63) is 52.5 Å². The van der Waals surface area contributed by atoms with Crippen molar-refractivity contribution in [1.82, 2.24) is 4.90 Å². The summed E-state index contributed by atoms with van der Waals surface area (Å²) in [5.74, 6) is -0.181. The van der Waals surface area contributed by atoms with Crippen molar-refractivity contribution in [3.63, 3.8) is 0 Å². The average Bonchev–Trinajstić information content (AvgIpc) is 3.03. The van der Waals surface area contributed by atoms with E-state index in [-0.39, 0.29) is 11.9 Å². The number of thiophene rings is 1. The topological polar surface area (TPSA) is 32.5 Å². The van der Waals surface area contributed by atoms with Gasteiger partial charge in [-0.25, -0.2) is 4.39 Å². The Labute approximate surface area is 128 Å². The molecule has 112 valence electrons. The van der Waals surface area contributed by atoms with Crippen molar-refractivity contribution in [1.29, 1.82) is 0 Å². The smallest absolute Gasteiger partial charge is 0.123 e. The van der Waals surface area contributed by atoms with Crippen LogP contribution in [0, 0.1) is 5.82 Å². The molecular weight excluding hydrogens is 285 g/mol. The zero-order valence-corrected chi connectivity index (χ0v) is 12.7. The first-order valence-electron chi connectivity index (χ1n) is 7.24. The second kappa shape index (κ2) is 6.56. The molecule has 3 rings (SSSR count). The maximum Gasteiger partial charge on any atom is 0.123 e. The van der Waals surface area contributed by atoms with Gasteiger partial charge in [-0.05, 0) is 35.7 Å². The molecule has 1 aliphatic heterocycles. The van der Waals surface area contributed by atoms with Gasteiger partial charge in [0, 0.05) is 43.3 Å². The van der Waals surface area contributed by atoms with Gasteiger partial charge < -0.3 is 10.6 Å². The van der Waals surface area contributed by atoms with E-state index in [1.54, 1.807) is 11.3 Å². The van der Waals surface area contributed by atoms with E-state index >= 15 is 0 Å². The van der Waals surface area contributed by atoms with E-state index in [1.165, 1.54) is 17.0 Å². The van der Waals surface area contributed by atoms with Crippen molar-refractivity contribution >= 4 is 17.0 Å². The summed E-state index contributed by atoms with van der Waals surface area (Å²) >= 11 is 1.72. The minimum atomic E-state index is -0.181. The van der Waals surface area contributed by atoms with E-state index in [9.17, 15) is 4.39 Å². The molecule has 0 aliphatic carbocycles. The van der Waals surface area contributed by atoms with Crippen LogP contribution in [0.2, 0.25) is 0 Å². The van der Waals surface area contributed by atoms with Gasteiger partial charge in [-0.3, -0.25) is 4.90 Å². The lowest BCUT2D eigenvalue weighted by atomic mass is 10.2. The van der Waals surface area contributed by atoms with Crippen LogP contribution in [-0.4, -0.2) is 37.6 Å². The van der Waals surface area contributed by atoms with Crippen molar-refractivity contribution in [3.8, 4) is 0 Å². The summed E-state index contributed by atoms with van der Waals surface area (Å²) < 4.78 is 13.0. The monoisotopic (exact) mass is 305 g/mol. The Bertz CT molecular complexity index is 547. The third-order valence-corrected chi connectivity index (χ3v) is 4.93. The van der Waals surface area contributed by atoms with Crippen LogP contribution in [0.25, 0.3) is 0 Å². The third-order valence-electron chi connectivity index (χ3n) is 3.93. The normalized spacial score (nSPS) is 17.9. The predicted octanol–water partition coefficient (Wildman–Crippen LogP) is 2.71. The van der Waals surface area contributed by atoms with Gasteiger partial charge in [-0.1, -0.05) is 6.07 Å². The number of hydrogen-bond acceptors (Lipinski definition) is 4. The Morgan fingerprint density at radius 3 is 2.43 bits per heavy atom. The summed E-state index contributed by atoms with van der Waals surface area (Å²) in [6, 6.07) is 11.0. The molecule has 1 aromatic carbocycles. The van der Waals surface area contributed by atoms with Crippen LogP contribution in [0.3, 0.4) is 0 Å². The molecule has 0 amide bonds. The zero-order chi connectivity index (χ0) is 14.7. The Balaban J connectivity index is 1.52. The standard InChI is InChI=1S/C16H20FN3S/c17-13-3-5-14(6-4-13)20-9-7-19(8-10-20)12-15(18)16-2-1-11-21-16/h1-6,11,15H,7-10,12,18H2. The molecular formula is C16H20FN3S. The molecule has 5 heteroatoms. The van der Waals surface area contributed by atoms with Crippen LogP contribution >= 0.6 is 11.3 Å². The summed E-state index contributed by atoms with van der Waals surface area (Å²) in [6.07, 6.45) is 0. The largest absolute Gasteiger partial charge is 0.369 e. The molecule has 1 aromatic heterocycles. The maximum absolute atomic E-state index is 13.0. The van der Waals surface area contributed by atoms with Gasteiger partial charge in [-0.2, -0.15) is 0 Å². The summed E-state index contributed by atoms with van der Waals surface area (Å²) in [7, 11) is 0. The number of nitrogens with two attached hydrogens (primary N) is 1. The zero-order valence-electron chi connectivity index (χ0n) is 11.9. The molecule has 1 aliphatic rings. The first kappa shape index (κ1) is 14.5. The highest BCUT2D eigenvalue weighted by Crippen LogP contribution is 2.20. The highest BCUT2D eigenvalue weighted by molar-refractivity contribution is 7.10. The number of anilines is 1. The number of piperazine rings is 1. The number of benzene rings is 1. The van der Waals surface area contributed by atoms with E-state index in [2.05, 4.69) is 21.2 Å². The molecule has 21 heavy (non-hydrogen) atoms. The maximum atomic E-state index is 13.0. The summed E-state index contributed by atoms with van der Waals surface area (Å²) in [5, 5.41) is 2.07. The van der Waals surface area contributed by atoms with Gasteiger partial charge in [-0.15, -0.1) is 11.3 Å². The summed E-state index contributed by atoms with van der Waals surface area (Å²) in [6.45, 7) is 4.82. The van der Waals surface area contributed by atoms with E-state index in [0.717, 1.165) is 38.4 Å². The molecule has 0 spiro atoms. The number of nitrogens with zero attached hydrogens (tertiary/aromatic N) is 2. The van der Waals surface area contributed by atoms with E-state index in [0.29, 0.717) is 0 Å². The fraction of sp³-hybridized carbons (Fsp3) is 0.375.